The number of hydrogen-bond acceptors (Lipinski definition) is 2. The maximum absolute atomic E-state index is 10.2. The molecule has 0 aliphatic rings. The van der Waals surface area contributed by atoms with Gasteiger partial charge in [0.25, 0.3) is 0 Å². The Bertz CT molecular complexity index is 125. The van der Waals surface area contributed by atoms with Gasteiger partial charge in [-0.05, 0) is 13.0 Å². The van der Waals surface area contributed by atoms with Gasteiger partial charge in [0, 0.05) is 6.54 Å². The average molecular weight is 159 g/mol. The van der Waals surface area contributed by atoms with Gasteiger partial charge in [0.05, 0.1) is 6.54 Å². The zero-order chi connectivity index (χ0) is 8.85. The molecule has 0 aromatic heterocycles. The number of rotatable bonds is 5. The van der Waals surface area contributed by atoms with Crippen LogP contribution in [0.1, 0.15) is 20.3 Å². The van der Waals surface area contributed by atoms with E-state index in [-0.39, 0.29) is 6.54 Å². The van der Waals surface area contributed by atoms with Crippen LogP contribution in [0.2, 0.25) is 0 Å². The number of likely N-dealkylation sites (N-methyl/N-ethyl adjacent to an activating group) is 1. The lowest BCUT2D eigenvalue weighted by Gasteiger charge is -2.17. The van der Waals surface area contributed by atoms with E-state index in [1.807, 2.05) is 11.9 Å². The van der Waals surface area contributed by atoms with Crippen LogP contribution >= 0.6 is 0 Å². The predicted molar refractivity (Wildman–Crippen MR) is 44.6 cm³/mol. The normalized spacial score (nSPS) is 13.5. The van der Waals surface area contributed by atoms with Gasteiger partial charge in [0.15, 0.2) is 0 Å². The fourth-order valence-corrected chi connectivity index (χ4v) is 0.957. The molecule has 0 radical (unpaired) electrons. The van der Waals surface area contributed by atoms with Gasteiger partial charge in [0.2, 0.25) is 0 Å². The van der Waals surface area contributed by atoms with Gasteiger partial charge in [0.1, 0.15) is 0 Å². The van der Waals surface area contributed by atoms with Gasteiger partial charge >= 0.3 is 5.97 Å². The molecule has 3 nitrogen and oxygen atoms in total. The van der Waals surface area contributed by atoms with E-state index in [0.717, 1.165) is 13.0 Å². The van der Waals surface area contributed by atoms with Crippen molar-refractivity contribution >= 4 is 5.97 Å². The Balaban J connectivity index is 3.51. The first-order chi connectivity index (χ1) is 5.06. The van der Waals surface area contributed by atoms with Crippen molar-refractivity contribution in [3.05, 3.63) is 0 Å². The number of carbonyl (C=O) groups is 1. The van der Waals surface area contributed by atoms with Crippen LogP contribution in [0, 0.1) is 5.92 Å². The predicted octanol–water partition coefficient (Wildman–Crippen LogP) is 1.05. The highest BCUT2D eigenvalue weighted by atomic mass is 16.4. The molecule has 0 rings (SSSR count). The van der Waals surface area contributed by atoms with Crippen LogP contribution in [0.15, 0.2) is 0 Å². The molecule has 0 saturated carbocycles. The van der Waals surface area contributed by atoms with Crippen LogP contribution < -0.4 is 0 Å². The summed E-state index contributed by atoms with van der Waals surface area (Å²) in [7, 11) is 1.83. The van der Waals surface area contributed by atoms with Gasteiger partial charge in [-0.15, -0.1) is 0 Å². The molecule has 0 heterocycles. The topological polar surface area (TPSA) is 40.5 Å². The van der Waals surface area contributed by atoms with Crippen molar-refractivity contribution in [2.45, 2.75) is 20.3 Å². The summed E-state index contributed by atoms with van der Waals surface area (Å²) in [6.45, 7) is 5.24. The molecule has 0 fully saturated rings. The Morgan fingerprint density at radius 1 is 1.64 bits per heavy atom. The zero-order valence-corrected chi connectivity index (χ0v) is 7.50. The summed E-state index contributed by atoms with van der Waals surface area (Å²) in [4.78, 5) is 12.1. The minimum atomic E-state index is -0.754. The highest BCUT2D eigenvalue weighted by Gasteiger charge is 2.06. The minimum Gasteiger partial charge on any atom is -0.480 e. The minimum absolute atomic E-state index is 0.143. The van der Waals surface area contributed by atoms with E-state index in [1.165, 1.54) is 0 Å². The van der Waals surface area contributed by atoms with Crippen molar-refractivity contribution in [2.75, 3.05) is 20.1 Å². The fraction of sp³-hybridized carbons (Fsp3) is 0.875. The van der Waals surface area contributed by atoms with Crippen LogP contribution in [-0.2, 0) is 4.79 Å². The Morgan fingerprint density at radius 3 is 2.55 bits per heavy atom. The molecule has 0 saturated heterocycles. The van der Waals surface area contributed by atoms with Crippen molar-refractivity contribution in [1.29, 1.82) is 0 Å². The second-order valence-electron chi connectivity index (χ2n) is 3.10. The second-order valence-corrected chi connectivity index (χ2v) is 3.10. The molecule has 3 heteroatoms. The number of nitrogens with zero attached hydrogens (tertiary/aromatic N) is 1. The Kier molecular flexibility index (Phi) is 4.86. The Morgan fingerprint density at radius 2 is 2.18 bits per heavy atom. The van der Waals surface area contributed by atoms with E-state index in [9.17, 15) is 4.79 Å². The molecule has 11 heavy (non-hydrogen) atoms. The summed E-state index contributed by atoms with van der Waals surface area (Å²) >= 11 is 0. The molecule has 0 amide bonds. The molecular weight excluding hydrogens is 142 g/mol. The van der Waals surface area contributed by atoms with E-state index < -0.39 is 5.97 Å². The Hall–Kier alpha value is -0.570. The molecule has 0 spiro atoms. The first-order valence-corrected chi connectivity index (χ1v) is 3.96. The third-order valence-electron chi connectivity index (χ3n) is 1.73. The lowest BCUT2D eigenvalue weighted by Crippen LogP contribution is -2.29. The average Bonchev–Trinajstić information content (AvgIpc) is 1.85. The van der Waals surface area contributed by atoms with Gasteiger partial charge in [-0.3, -0.25) is 9.69 Å². The van der Waals surface area contributed by atoms with Crippen LogP contribution in [0.25, 0.3) is 0 Å². The van der Waals surface area contributed by atoms with E-state index in [2.05, 4.69) is 13.8 Å². The van der Waals surface area contributed by atoms with Crippen LogP contribution in [-0.4, -0.2) is 36.1 Å². The molecule has 66 valence electrons. The maximum atomic E-state index is 10.2. The summed E-state index contributed by atoms with van der Waals surface area (Å²) in [5.41, 5.74) is 0. The molecule has 1 N–H and O–H groups in total. The lowest BCUT2D eigenvalue weighted by atomic mass is 10.1. The van der Waals surface area contributed by atoms with E-state index in [1.54, 1.807) is 0 Å². The summed E-state index contributed by atoms with van der Waals surface area (Å²) in [6, 6.07) is 0. The largest absolute Gasteiger partial charge is 0.480 e. The third kappa shape index (κ3) is 5.85. The molecule has 0 aliphatic carbocycles. The monoisotopic (exact) mass is 159 g/mol. The number of aliphatic carboxylic acids is 1. The lowest BCUT2D eigenvalue weighted by molar-refractivity contribution is -0.138. The highest BCUT2D eigenvalue weighted by Crippen LogP contribution is 2.01. The van der Waals surface area contributed by atoms with E-state index in [0.29, 0.717) is 5.92 Å². The van der Waals surface area contributed by atoms with Crippen molar-refractivity contribution in [3.63, 3.8) is 0 Å². The first-order valence-electron chi connectivity index (χ1n) is 3.96. The summed E-state index contributed by atoms with van der Waals surface area (Å²) in [5.74, 6) is -0.171. The standard InChI is InChI=1S/C8H17NO2/c1-4-7(2)5-9(3)6-8(10)11/h7H,4-6H2,1-3H3,(H,10,11). The van der Waals surface area contributed by atoms with Gasteiger partial charge < -0.3 is 5.11 Å². The molecule has 0 aromatic carbocycles. The van der Waals surface area contributed by atoms with Gasteiger partial charge in [-0.1, -0.05) is 20.3 Å². The SMILES string of the molecule is CCC(C)CN(C)CC(=O)O. The summed E-state index contributed by atoms with van der Waals surface area (Å²) < 4.78 is 0. The quantitative estimate of drug-likeness (QED) is 0.651. The van der Waals surface area contributed by atoms with E-state index in [4.69, 9.17) is 5.11 Å². The molecule has 1 atom stereocenters. The van der Waals surface area contributed by atoms with Crippen LogP contribution in [0.5, 0.6) is 0 Å². The van der Waals surface area contributed by atoms with Gasteiger partial charge in [-0.2, -0.15) is 0 Å². The summed E-state index contributed by atoms with van der Waals surface area (Å²) in [5, 5.41) is 8.43. The smallest absolute Gasteiger partial charge is 0.317 e. The van der Waals surface area contributed by atoms with Crippen molar-refractivity contribution < 1.29 is 9.90 Å². The molecule has 0 bridgehead atoms. The molecule has 0 aromatic rings. The summed E-state index contributed by atoms with van der Waals surface area (Å²) in [6.07, 6.45) is 1.10. The number of carboxylic acid groups (broad SMARTS) is 1. The maximum Gasteiger partial charge on any atom is 0.317 e. The zero-order valence-electron chi connectivity index (χ0n) is 7.50. The number of hydrogen-bond donors (Lipinski definition) is 1. The van der Waals surface area contributed by atoms with Crippen LogP contribution in [0.4, 0.5) is 0 Å². The Labute approximate surface area is 68.0 Å². The highest BCUT2D eigenvalue weighted by molar-refractivity contribution is 5.68. The first kappa shape index (κ1) is 10.4. The third-order valence-corrected chi connectivity index (χ3v) is 1.73. The molecule has 1 unspecified atom stereocenters. The number of carboxylic acids is 1. The second kappa shape index (κ2) is 5.13. The van der Waals surface area contributed by atoms with Crippen molar-refractivity contribution in [3.8, 4) is 0 Å². The molecular formula is C8H17NO2. The van der Waals surface area contributed by atoms with Crippen molar-refractivity contribution in [1.82, 2.24) is 4.90 Å². The molecule has 0 aliphatic heterocycles. The van der Waals surface area contributed by atoms with Gasteiger partial charge in [-0.25, -0.2) is 0 Å². The van der Waals surface area contributed by atoms with E-state index >= 15 is 0 Å². The van der Waals surface area contributed by atoms with Crippen LogP contribution in [0.3, 0.4) is 0 Å². The fourth-order valence-electron chi connectivity index (χ4n) is 0.957. The van der Waals surface area contributed by atoms with Crippen molar-refractivity contribution in [2.24, 2.45) is 5.92 Å².